The lowest BCUT2D eigenvalue weighted by Crippen LogP contribution is -2.36. The number of hydrogen-bond donors (Lipinski definition) is 1. The number of ether oxygens (including phenoxy) is 1. The first-order valence-corrected chi connectivity index (χ1v) is 6.33. The van der Waals surface area contributed by atoms with Gasteiger partial charge in [0, 0.05) is 18.1 Å². The lowest BCUT2D eigenvalue weighted by molar-refractivity contribution is -0.121. The van der Waals surface area contributed by atoms with Crippen LogP contribution in [0.5, 0.6) is 5.75 Å². The number of rotatable bonds is 7. The molecule has 0 spiro atoms. The van der Waals surface area contributed by atoms with Gasteiger partial charge < -0.3 is 10.1 Å². The van der Waals surface area contributed by atoms with Crippen LogP contribution in [0.15, 0.2) is 24.3 Å². The average Bonchev–Trinajstić information content (AvgIpc) is 2.29. The fraction of sp³-hybridized carbons (Fsp3) is 0.462. The molecule has 100 valence electrons. The molecule has 0 saturated heterocycles. The molecule has 1 rings (SSSR count). The van der Waals surface area contributed by atoms with E-state index >= 15 is 0 Å². The first kappa shape index (κ1) is 14.8. The fourth-order valence-electron chi connectivity index (χ4n) is 1.45. The number of nitrogens with one attached hydrogen (secondary N) is 1. The van der Waals surface area contributed by atoms with Crippen molar-refractivity contribution in [2.45, 2.75) is 6.92 Å². The Labute approximate surface area is 113 Å². The summed E-state index contributed by atoms with van der Waals surface area (Å²) in [5.41, 5.74) is 0. The van der Waals surface area contributed by atoms with Gasteiger partial charge in [0.15, 0.2) is 0 Å². The maximum absolute atomic E-state index is 11.3. The highest BCUT2D eigenvalue weighted by atomic mass is 35.5. The molecule has 1 N–H and O–H groups in total. The average molecular weight is 271 g/mol. The molecule has 0 aliphatic heterocycles. The van der Waals surface area contributed by atoms with E-state index in [2.05, 4.69) is 5.32 Å². The second-order valence-electron chi connectivity index (χ2n) is 4.00. The van der Waals surface area contributed by atoms with Gasteiger partial charge in [0.05, 0.1) is 6.54 Å². The zero-order valence-corrected chi connectivity index (χ0v) is 11.5. The molecular weight excluding hydrogens is 252 g/mol. The van der Waals surface area contributed by atoms with Crippen molar-refractivity contribution in [2.75, 3.05) is 33.3 Å². The van der Waals surface area contributed by atoms with Gasteiger partial charge in [-0.05, 0) is 32.2 Å². The van der Waals surface area contributed by atoms with Crippen LogP contribution in [-0.2, 0) is 4.79 Å². The quantitative estimate of drug-likeness (QED) is 0.821. The number of carbonyl (C=O) groups excluding carboxylic acids is 1. The van der Waals surface area contributed by atoms with Gasteiger partial charge in [-0.15, -0.1) is 0 Å². The van der Waals surface area contributed by atoms with E-state index < -0.39 is 0 Å². The van der Waals surface area contributed by atoms with Crippen LogP contribution in [0.1, 0.15) is 6.92 Å². The molecule has 1 aromatic rings. The largest absolute Gasteiger partial charge is 0.492 e. The zero-order valence-electron chi connectivity index (χ0n) is 10.8. The number of likely N-dealkylation sites (N-methyl/N-ethyl adjacent to an activating group) is 2. The number of carbonyl (C=O) groups is 1. The molecule has 0 radical (unpaired) electrons. The minimum Gasteiger partial charge on any atom is -0.492 e. The molecule has 0 aromatic heterocycles. The molecule has 0 saturated carbocycles. The van der Waals surface area contributed by atoms with E-state index in [0.717, 1.165) is 5.75 Å². The van der Waals surface area contributed by atoms with Crippen LogP contribution < -0.4 is 10.1 Å². The molecule has 0 fully saturated rings. The standard InChI is InChI=1S/C13H19ClN2O2/c1-3-15-13(17)10-16(2)7-8-18-12-6-4-5-11(14)9-12/h4-6,9H,3,7-8,10H2,1-2H3,(H,15,17). The normalized spacial score (nSPS) is 10.4. The Morgan fingerprint density at radius 2 is 2.28 bits per heavy atom. The van der Waals surface area contributed by atoms with Crippen molar-refractivity contribution < 1.29 is 9.53 Å². The van der Waals surface area contributed by atoms with E-state index in [1.54, 1.807) is 12.1 Å². The Bertz CT molecular complexity index is 385. The Balaban J connectivity index is 2.23. The van der Waals surface area contributed by atoms with Gasteiger partial charge in [-0.25, -0.2) is 0 Å². The number of amides is 1. The Hall–Kier alpha value is -1.26. The van der Waals surface area contributed by atoms with Crippen molar-refractivity contribution >= 4 is 17.5 Å². The lowest BCUT2D eigenvalue weighted by atomic mass is 10.3. The Morgan fingerprint density at radius 3 is 2.94 bits per heavy atom. The third-order valence-corrected chi connectivity index (χ3v) is 2.56. The number of benzene rings is 1. The number of nitrogens with zero attached hydrogens (tertiary/aromatic N) is 1. The van der Waals surface area contributed by atoms with Crippen LogP contribution in [0.25, 0.3) is 0 Å². The third-order valence-electron chi connectivity index (χ3n) is 2.33. The molecule has 0 atom stereocenters. The molecule has 1 amide bonds. The molecule has 5 heteroatoms. The van der Waals surface area contributed by atoms with Gasteiger partial charge in [0.2, 0.25) is 5.91 Å². The molecule has 0 heterocycles. The summed E-state index contributed by atoms with van der Waals surface area (Å²) in [6, 6.07) is 7.27. The maximum atomic E-state index is 11.3. The molecule has 1 aromatic carbocycles. The maximum Gasteiger partial charge on any atom is 0.234 e. The Kier molecular flexibility index (Phi) is 6.54. The predicted octanol–water partition coefficient (Wildman–Crippen LogP) is 1.79. The summed E-state index contributed by atoms with van der Waals surface area (Å²) >= 11 is 5.85. The van der Waals surface area contributed by atoms with Gasteiger partial charge in [-0.3, -0.25) is 9.69 Å². The molecule has 18 heavy (non-hydrogen) atoms. The van der Waals surface area contributed by atoms with E-state index in [0.29, 0.717) is 31.3 Å². The SMILES string of the molecule is CCNC(=O)CN(C)CCOc1cccc(Cl)c1. The number of hydrogen-bond acceptors (Lipinski definition) is 3. The van der Waals surface area contributed by atoms with E-state index in [1.807, 2.05) is 31.0 Å². The van der Waals surface area contributed by atoms with Gasteiger partial charge in [0.25, 0.3) is 0 Å². The highest BCUT2D eigenvalue weighted by Gasteiger charge is 2.05. The molecular formula is C13H19ClN2O2. The minimum atomic E-state index is 0.0303. The fourth-order valence-corrected chi connectivity index (χ4v) is 1.63. The van der Waals surface area contributed by atoms with Crippen LogP contribution in [0.2, 0.25) is 5.02 Å². The van der Waals surface area contributed by atoms with Crippen molar-refractivity contribution in [1.82, 2.24) is 10.2 Å². The minimum absolute atomic E-state index is 0.0303. The van der Waals surface area contributed by atoms with Crippen LogP contribution in [0, 0.1) is 0 Å². The summed E-state index contributed by atoms with van der Waals surface area (Å²) in [4.78, 5) is 13.2. The van der Waals surface area contributed by atoms with Gasteiger partial charge in [-0.2, -0.15) is 0 Å². The number of halogens is 1. The first-order chi connectivity index (χ1) is 8.61. The summed E-state index contributed by atoms with van der Waals surface area (Å²) in [5, 5.41) is 3.41. The second kappa shape index (κ2) is 7.95. The van der Waals surface area contributed by atoms with Crippen molar-refractivity contribution in [3.8, 4) is 5.75 Å². The first-order valence-electron chi connectivity index (χ1n) is 5.95. The van der Waals surface area contributed by atoms with Crippen LogP contribution >= 0.6 is 11.6 Å². The molecule has 0 aliphatic rings. The molecule has 0 unspecified atom stereocenters. The third kappa shape index (κ3) is 5.89. The monoisotopic (exact) mass is 270 g/mol. The zero-order chi connectivity index (χ0) is 13.4. The van der Waals surface area contributed by atoms with E-state index in [-0.39, 0.29) is 5.91 Å². The molecule has 4 nitrogen and oxygen atoms in total. The van der Waals surface area contributed by atoms with Crippen molar-refractivity contribution in [3.05, 3.63) is 29.3 Å². The predicted molar refractivity (Wildman–Crippen MR) is 73.1 cm³/mol. The van der Waals surface area contributed by atoms with Crippen molar-refractivity contribution in [3.63, 3.8) is 0 Å². The highest BCUT2D eigenvalue weighted by molar-refractivity contribution is 6.30. The van der Waals surface area contributed by atoms with Crippen LogP contribution in [-0.4, -0.2) is 44.1 Å². The van der Waals surface area contributed by atoms with Crippen LogP contribution in [0.3, 0.4) is 0 Å². The van der Waals surface area contributed by atoms with Crippen molar-refractivity contribution in [2.24, 2.45) is 0 Å². The van der Waals surface area contributed by atoms with E-state index in [9.17, 15) is 4.79 Å². The summed E-state index contributed by atoms with van der Waals surface area (Å²) < 4.78 is 5.54. The molecule has 0 bridgehead atoms. The van der Waals surface area contributed by atoms with E-state index in [1.165, 1.54) is 0 Å². The summed E-state index contributed by atoms with van der Waals surface area (Å²) in [5.74, 6) is 0.775. The van der Waals surface area contributed by atoms with Crippen molar-refractivity contribution in [1.29, 1.82) is 0 Å². The second-order valence-corrected chi connectivity index (χ2v) is 4.43. The topological polar surface area (TPSA) is 41.6 Å². The summed E-state index contributed by atoms with van der Waals surface area (Å²) in [7, 11) is 1.89. The smallest absolute Gasteiger partial charge is 0.234 e. The van der Waals surface area contributed by atoms with Crippen LogP contribution in [0.4, 0.5) is 0 Å². The lowest BCUT2D eigenvalue weighted by Gasteiger charge is -2.16. The van der Waals surface area contributed by atoms with Gasteiger partial charge >= 0.3 is 0 Å². The Morgan fingerprint density at radius 1 is 1.50 bits per heavy atom. The molecule has 0 aliphatic carbocycles. The highest BCUT2D eigenvalue weighted by Crippen LogP contribution is 2.16. The van der Waals surface area contributed by atoms with Gasteiger partial charge in [0.1, 0.15) is 12.4 Å². The summed E-state index contributed by atoms with van der Waals surface area (Å²) in [6.07, 6.45) is 0. The van der Waals surface area contributed by atoms with Gasteiger partial charge in [-0.1, -0.05) is 17.7 Å². The summed E-state index contributed by atoms with van der Waals surface area (Å²) in [6.45, 7) is 4.15. The van der Waals surface area contributed by atoms with E-state index in [4.69, 9.17) is 16.3 Å².